The van der Waals surface area contributed by atoms with Gasteiger partial charge < -0.3 is 29.3 Å². The summed E-state index contributed by atoms with van der Waals surface area (Å²) >= 11 is 0. The molecule has 45 heavy (non-hydrogen) atoms. The first kappa shape index (κ1) is 29.9. The van der Waals surface area contributed by atoms with Crippen molar-refractivity contribution in [3.63, 3.8) is 0 Å². The molecule has 2 aliphatic heterocycles. The van der Waals surface area contributed by atoms with Crippen LogP contribution in [0.1, 0.15) is 57.8 Å². The molecule has 2 aromatic carbocycles. The quantitative estimate of drug-likeness (QED) is 0.214. The molecular weight excluding hydrogens is 578 g/mol. The molecule has 1 fully saturated rings. The Balaban J connectivity index is 1.22. The molecule has 4 heterocycles. The Bertz CT molecular complexity index is 1850. The molecule has 3 atom stereocenters. The number of likely N-dealkylation sites (tertiary alicyclic amines) is 1. The Morgan fingerprint density at radius 1 is 1.00 bits per heavy atom. The number of aromatic nitrogens is 1. The molecule has 0 radical (unpaired) electrons. The number of carbonyl (C=O) groups excluding carboxylic acids is 2. The fraction of sp³-hybridized carbons (Fsp3) is 0.294. The maximum atomic E-state index is 12.9. The van der Waals surface area contributed by atoms with Gasteiger partial charge in [-0.15, -0.1) is 0 Å². The van der Waals surface area contributed by atoms with Crippen molar-refractivity contribution < 1.29 is 28.6 Å². The summed E-state index contributed by atoms with van der Waals surface area (Å²) in [6, 6.07) is 19.5. The highest BCUT2D eigenvalue weighted by Crippen LogP contribution is 2.37. The number of ether oxygens (including phenoxy) is 2. The number of benzene rings is 2. The van der Waals surface area contributed by atoms with E-state index in [1.54, 1.807) is 60.7 Å². The van der Waals surface area contributed by atoms with E-state index in [-0.39, 0.29) is 35.3 Å². The number of aromatic hydroxyl groups is 1. The van der Waals surface area contributed by atoms with E-state index in [0.717, 1.165) is 18.7 Å². The molecule has 2 bridgehead atoms. The first-order valence-electron chi connectivity index (χ1n) is 14.7. The summed E-state index contributed by atoms with van der Waals surface area (Å²) in [5, 5.41) is 10.8. The third kappa shape index (κ3) is 6.39. The molecule has 11 nitrogen and oxygen atoms in total. The van der Waals surface area contributed by atoms with E-state index in [1.807, 2.05) is 10.6 Å². The van der Waals surface area contributed by atoms with Gasteiger partial charge in [0.2, 0.25) is 17.1 Å². The number of hydrogen-bond donors (Lipinski definition) is 2. The van der Waals surface area contributed by atoms with Crippen LogP contribution in [0.15, 0.2) is 86.8 Å². The van der Waals surface area contributed by atoms with Gasteiger partial charge in [-0.1, -0.05) is 18.2 Å². The van der Waals surface area contributed by atoms with Crippen molar-refractivity contribution in [1.29, 1.82) is 0 Å². The number of nitrogens with two attached hydrogens (primary N) is 1. The normalized spacial score (nSPS) is 18.1. The highest BCUT2D eigenvalue weighted by molar-refractivity contribution is 5.91. The van der Waals surface area contributed by atoms with E-state index < -0.39 is 29.0 Å². The van der Waals surface area contributed by atoms with Crippen LogP contribution in [-0.4, -0.2) is 46.6 Å². The average Bonchev–Trinajstić information content (AvgIpc) is 3.02. The van der Waals surface area contributed by atoms with Crippen LogP contribution in [0.25, 0.3) is 0 Å². The number of fused-ring (bicyclic) bond motifs is 4. The van der Waals surface area contributed by atoms with Crippen molar-refractivity contribution in [1.82, 2.24) is 9.47 Å². The summed E-state index contributed by atoms with van der Waals surface area (Å²) in [5.41, 5.74) is 6.84. The molecular formula is C34H33N3O8. The van der Waals surface area contributed by atoms with Gasteiger partial charge in [0.15, 0.2) is 5.76 Å². The minimum atomic E-state index is -0.860. The summed E-state index contributed by atoms with van der Waals surface area (Å²) in [5.74, 6) is -1.06. The standard InChI is InChI=1S/C34H33N3O8/c1-43-24-9-7-22(8-10-24)34(42)45-25-11-5-21(6-12-25)27(15-30(35)39)33-32(41)29(38)14-26(44-33)19-36-16-20-13-23(18-36)28-3-2-4-31(40)37(28)17-20/h2-12,14,20,23,27,41H,13,15-19H2,1H3,(H2,35,39)/t20-,23+,27?/m1/s1. The molecule has 0 saturated carbocycles. The minimum absolute atomic E-state index is 0.00810. The first-order valence-corrected chi connectivity index (χ1v) is 14.7. The molecule has 232 valence electrons. The van der Waals surface area contributed by atoms with Gasteiger partial charge in [-0.2, -0.15) is 0 Å². The van der Waals surface area contributed by atoms with Gasteiger partial charge in [-0.25, -0.2) is 4.79 Å². The van der Waals surface area contributed by atoms with Crippen LogP contribution in [0.5, 0.6) is 17.2 Å². The Hall–Kier alpha value is -5.16. The largest absolute Gasteiger partial charge is 0.502 e. The predicted molar refractivity (Wildman–Crippen MR) is 164 cm³/mol. The van der Waals surface area contributed by atoms with Gasteiger partial charge in [-0.05, 0) is 60.4 Å². The van der Waals surface area contributed by atoms with E-state index >= 15 is 0 Å². The van der Waals surface area contributed by atoms with Gasteiger partial charge in [0.1, 0.15) is 17.3 Å². The Labute approximate surface area is 258 Å². The minimum Gasteiger partial charge on any atom is -0.502 e. The second-order valence-corrected chi connectivity index (χ2v) is 11.6. The number of esters is 1. The lowest BCUT2D eigenvalue weighted by atomic mass is 9.83. The average molecular weight is 612 g/mol. The molecule has 6 rings (SSSR count). The molecule has 11 heteroatoms. The van der Waals surface area contributed by atoms with Crippen LogP contribution >= 0.6 is 0 Å². The van der Waals surface area contributed by atoms with Crippen molar-refractivity contribution >= 4 is 11.9 Å². The van der Waals surface area contributed by atoms with E-state index in [1.165, 1.54) is 13.2 Å². The molecule has 2 aromatic heterocycles. The number of rotatable bonds is 9. The molecule has 1 unspecified atom stereocenters. The third-order valence-electron chi connectivity index (χ3n) is 8.48. The summed E-state index contributed by atoms with van der Waals surface area (Å²) in [6.45, 7) is 2.36. The highest BCUT2D eigenvalue weighted by Gasteiger charge is 2.35. The summed E-state index contributed by atoms with van der Waals surface area (Å²) in [6.07, 6.45) is 0.751. The molecule has 2 aliphatic rings. The fourth-order valence-electron chi connectivity index (χ4n) is 6.44. The molecule has 1 saturated heterocycles. The maximum absolute atomic E-state index is 12.9. The smallest absolute Gasteiger partial charge is 0.343 e. The van der Waals surface area contributed by atoms with E-state index in [9.17, 15) is 24.3 Å². The lowest BCUT2D eigenvalue weighted by Gasteiger charge is -2.42. The number of pyridine rings is 1. The predicted octanol–water partition coefficient (Wildman–Crippen LogP) is 3.36. The number of primary amides is 1. The maximum Gasteiger partial charge on any atom is 0.343 e. The lowest BCUT2D eigenvalue weighted by Crippen LogP contribution is -2.46. The summed E-state index contributed by atoms with van der Waals surface area (Å²) in [4.78, 5) is 52.2. The third-order valence-corrected chi connectivity index (χ3v) is 8.48. The van der Waals surface area contributed by atoms with Crippen LogP contribution in [0.4, 0.5) is 0 Å². The van der Waals surface area contributed by atoms with E-state index in [2.05, 4.69) is 4.90 Å². The van der Waals surface area contributed by atoms with Crippen LogP contribution in [0.3, 0.4) is 0 Å². The summed E-state index contributed by atoms with van der Waals surface area (Å²) in [7, 11) is 1.53. The second-order valence-electron chi connectivity index (χ2n) is 11.6. The Kier molecular flexibility index (Phi) is 8.27. The zero-order valence-corrected chi connectivity index (χ0v) is 24.7. The number of amides is 1. The fourth-order valence-corrected chi connectivity index (χ4v) is 6.44. The first-order chi connectivity index (χ1) is 21.7. The molecule has 0 spiro atoms. The Morgan fingerprint density at radius 3 is 2.44 bits per heavy atom. The van der Waals surface area contributed by atoms with Gasteiger partial charge in [0.05, 0.1) is 25.1 Å². The molecule has 0 aliphatic carbocycles. The van der Waals surface area contributed by atoms with Crippen molar-refractivity contribution in [2.45, 2.75) is 37.8 Å². The number of piperidine rings is 1. The van der Waals surface area contributed by atoms with Crippen LogP contribution in [0, 0.1) is 5.92 Å². The topological polar surface area (TPSA) is 154 Å². The van der Waals surface area contributed by atoms with Crippen LogP contribution in [0.2, 0.25) is 0 Å². The van der Waals surface area contributed by atoms with Gasteiger partial charge in [0.25, 0.3) is 5.56 Å². The van der Waals surface area contributed by atoms with Crippen LogP contribution in [-0.2, 0) is 17.9 Å². The molecule has 4 aromatic rings. The van der Waals surface area contributed by atoms with Crippen molar-refractivity contribution in [3.8, 4) is 17.2 Å². The summed E-state index contributed by atoms with van der Waals surface area (Å²) < 4.78 is 18.6. The van der Waals surface area contributed by atoms with E-state index in [0.29, 0.717) is 42.3 Å². The zero-order chi connectivity index (χ0) is 31.7. The number of hydrogen-bond acceptors (Lipinski definition) is 9. The SMILES string of the molecule is COc1ccc(C(=O)Oc2ccc(C(CC(N)=O)c3oc(CN4C[C@H]5C[C@@H](C4)c4cccc(=O)n4C5)cc(=O)c3O)cc2)cc1. The number of carbonyl (C=O) groups is 2. The molecule has 1 amide bonds. The van der Waals surface area contributed by atoms with Crippen molar-refractivity contribution in [2.24, 2.45) is 11.7 Å². The van der Waals surface area contributed by atoms with Crippen LogP contribution < -0.4 is 26.2 Å². The molecule has 3 N–H and O–H groups in total. The van der Waals surface area contributed by atoms with Gasteiger partial charge >= 0.3 is 5.97 Å². The zero-order valence-electron chi connectivity index (χ0n) is 24.7. The second kappa shape index (κ2) is 12.4. The number of nitrogens with zero attached hydrogens (tertiary/aromatic N) is 2. The monoisotopic (exact) mass is 611 g/mol. The van der Waals surface area contributed by atoms with Gasteiger partial charge in [-0.3, -0.25) is 19.3 Å². The lowest BCUT2D eigenvalue weighted by molar-refractivity contribution is -0.118. The van der Waals surface area contributed by atoms with Crippen molar-refractivity contribution in [2.75, 3.05) is 20.2 Å². The van der Waals surface area contributed by atoms with Crippen molar-refractivity contribution in [3.05, 3.63) is 122 Å². The van der Waals surface area contributed by atoms with Gasteiger partial charge in [0, 0.05) is 49.8 Å². The highest BCUT2D eigenvalue weighted by atomic mass is 16.5. The Morgan fingerprint density at radius 2 is 1.73 bits per heavy atom. The number of methoxy groups -OCH3 is 1. The van der Waals surface area contributed by atoms with E-state index in [4.69, 9.17) is 19.6 Å².